The van der Waals surface area contributed by atoms with Gasteiger partial charge in [0.25, 0.3) is 0 Å². The summed E-state index contributed by atoms with van der Waals surface area (Å²) in [5.74, 6) is 1.65. The fourth-order valence-corrected chi connectivity index (χ4v) is 10.6. The molecule has 0 unspecified atom stereocenters. The lowest BCUT2D eigenvalue weighted by Gasteiger charge is -2.62. The van der Waals surface area contributed by atoms with Crippen LogP contribution in [-0.4, -0.2) is 11.2 Å². The van der Waals surface area contributed by atoms with E-state index >= 15 is 0 Å². The summed E-state index contributed by atoms with van der Waals surface area (Å²) in [6.45, 7) is 18.9. The van der Waals surface area contributed by atoms with Crippen LogP contribution in [0.3, 0.4) is 0 Å². The largest absolute Gasteiger partial charge is 0.393 e. The van der Waals surface area contributed by atoms with Crippen molar-refractivity contribution in [2.75, 3.05) is 0 Å². The Labute approximate surface area is 192 Å². The van der Waals surface area contributed by atoms with Crippen molar-refractivity contribution in [1.29, 1.82) is 0 Å². The van der Waals surface area contributed by atoms with E-state index in [-0.39, 0.29) is 11.5 Å². The Hall–Kier alpha value is -0.560. The van der Waals surface area contributed by atoms with Crippen LogP contribution in [0.15, 0.2) is 23.3 Å². The number of aliphatic hydroxyl groups excluding tert-OH is 1. The molecule has 5 rings (SSSR count). The van der Waals surface area contributed by atoms with Crippen molar-refractivity contribution in [2.45, 2.75) is 125 Å². The average Bonchev–Trinajstić information content (AvgIpc) is 3.27. The van der Waals surface area contributed by atoms with E-state index in [0.29, 0.717) is 21.7 Å². The highest BCUT2D eigenvalue weighted by molar-refractivity contribution is 5.37. The molecule has 1 N–H and O–H groups in total. The fourth-order valence-electron chi connectivity index (χ4n) is 10.6. The first-order valence-electron chi connectivity index (χ1n) is 13.5. The second kappa shape index (κ2) is 6.74. The molecule has 0 aromatic carbocycles. The summed E-state index contributed by atoms with van der Waals surface area (Å²) in [5, 5.41) is 10.8. The van der Waals surface area contributed by atoms with Crippen molar-refractivity contribution in [3.8, 4) is 0 Å². The summed E-state index contributed by atoms with van der Waals surface area (Å²) >= 11 is 0. The summed E-state index contributed by atoms with van der Waals surface area (Å²) < 4.78 is 0. The zero-order valence-corrected chi connectivity index (χ0v) is 21.4. The van der Waals surface area contributed by atoms with Gasteiger partial charge in [-0.15, -0.1) is 6.58 Å². The van der Waals surface area contributed by atoms with Crippen molar-refractivity contribution < 1.29 is 5.11 Å². The number of rotatable bonds is 4. The molecule has 5 aliphatic carbocycles. The average molecular weight is 425 g/mol. The topological polar surface area (TPSA) is 20.2 Å². The van der Waals surface area contributed by atoms with Gasteiger partial charge >= 0.3 is 0 Å². The Morgan fingerprint density at radius 3 is 2.29 bits per heavy atom. The normalized spacial score (nSPS) is 51.3. The maximum Gasteiger partial charge on any atom is 0.0594 e. The second-order valence-electron chi connectivity index (χ2n) is 13.9. The zero-order chi connectivity index (χ0) is 22.4. The molecule has 0 amide bonds. The number of hydrogen-bond acceptors (Lipinski definition) is 1. The molecule has 2 spiro atoms. The lowest BCUT2D eigenvalue weighted by molar-refractivity contribution is -0.148. The van der Waals surface area contributed by atoms with E-state index in [4.69, 9.17) is 0 Å². The molecule has 5 aliphatic rings. The van der Waals surface area contributed by atoms with E-state index in [0.717, 1.165) is 18.3 Å². The van der Waals surface area contributed by atoms with Crippen LogP contribution < -0.4 is 0 Å². The first kappa shape index (κ1) is 22.2. The van der Waals surface area contributed by atoms with Gasteiger partial charge in [0.1, 0.15) is 0 Å². The molecule has 7 atom stereocenters. The second-order valence-corrected chi connectivity index (χ2v) is 13.9. The number of hydrogen-bond donors (Lipinski definition) is 1. The van der Waals surface area contributed by atoms with Crippen molar-refractivity contribution in [3.05, 3.63) is 23.3 Å². The molecular formula is C30H48O. The number of aliphatic hydroxyl groups is 1. The fraction of sp³-hybridized carbons (Fsp3) is 0.867. The van der Waals surface area contributed by atoms with Gasteiger partial charge in [0.05, 0.1) is 6.10 Å². The molecule has 0 bridgehead atoms. The van der Waals surface area contributed by atoms with Gasteiger partial charge in [-0.25, -0.2) is 0 Å². The molecular weight excluding hydrogens is 376 g/mol. The van der Waals surface area contributed by atoms with Gasteiger partial charge in [-0.2, -0.15) is 0 Å². The van der Waals surface area contributed by atoms with Gasteiger partial charge in [0.15, 0.2) is 0 Å². The summed E-state index contributed by atoms with van der Waals surface area (Å²) in [5.41, 5.74) is 7.05. The molecule has 174 valence electrons. The molecule has 1 nitrogen and oxygen atoms in total. The number of fused-ring (bicyclic) bond motifs is 2. The van der Waals surface area contributed by atoms with Crippen LogP contribution in [0.2, 0.25) is 0 Å². The minimum absolute atomic E-state index is 0.0929. The van der Waals surface area contributed by atoms with Crippen LogP contribution >= 0.6 is 0 Å². The van der Waals surface area contributed by atoms with Crippen LogP contribution in [0.1, 0.15) is 119 Å². The lowest BCUT2D eigenvalue weighted by Crippen LogP contribution is -2.56. The van der Waals surface area contributed by atoms with Crippen LogP contribution in [-0.2, 0) is 0 Å². The maximum atomic E-state index is 10.8. The van der Waals surface area contributed by atoms with Crippen LogP contribution in [0, 0.1) is 38.9 Å². The minimum atomic E-state index is -0.0929. The van der Waals surface area contributed by atoms with Gasteiger partial charge in [-0.3, -0.25) is 0 Å². The standard InChI is InChI=1S/C30H48O/c1-20(2)9-8-10-21(3)22-13-15-28(7)24-12-11-23-26(4,5)25(31)14-16-29(23)19-30(24,29)18-17-27(22,28)6/h23-25,31H,1,8-19H2,2-7H3/b22-21+/t23-,24-,25-,27+,28-,29+,30-/m0/s1. The summed E-state index contributed by atoms with van der Waals surface area (Å²) in [4.78, 5) is 0. The summed E-state index contributed by atoms with van der Waals surface area (Å²) in [6, 6.07) is 0. The smallest absolute Gasteiger partial charge is 0.0594 e. The quantitative estimate of drug-likeness (QED) is 0.450. The lowest BCUT2D eigenvalue weighted by atomic mass is 9.42. The first-order chi connectivity index (χ1) is 14.4. The first-order valence-corrected chi connectivity index (χ1v) is 13.5. The predicted octanol–water partition coefficient (Wildman–Crippen LogP) is 8.23. The van der Waals surface area contributed by atoms with Crippen LogP contribution in [0.25, 0.3) is 0 Å². The van der Waals surface area contributed by atoms with Crippen LogP contribution in [0.4, 0.5) is 0 Å². The van der Waals surface area contributed by atoms with Gasteiger partial charge in [0.2, 0.25) is 0 Å². The highest BCUT2D eigenvalue weighted by atomic mass is 16.3. The van der Waals surface area contributed by atoms with Crippen molar-refractivity contribution in [2.24, 2.45) is 38.9 Å². The van der Waals surface area contributed by atoms with Crippen molar-refractivity contribution >= 4 is 0 Å². The van der Waals surface area contributed by atoms with Crippen molar-refractivity contribution in [3.63, 3.8) is 0 Å². The third-order valence-corrected chi connectivity index (χ3v) is 12.5. The van der Waals surface area contributed by atoms with Gasteiger partial charge in [-0.05, 0) is 130 Å². The van der Waals surface area contributed by atoms with Gasteiger partial charge < -0.3 is 5.11 Å². The SMILES string of the molecule is C=C(C)CCC/C(C)=C1\CC[C@@]2(C)[C@@H]3CC[C@H]4C(C)(C)[C@@H](O)CC[C@@]45C[C@@]35CC[C@]12C. The molecule has 0 radical (unpaired) electrons. The van der Waals surface area contributed by atoms with Crippen LogP contribution in [0.5, 0.6) is 0 Å². The van der Waals surface area contributed by atoms with E-state index in [9.17, 15) is 5.11 Å². The van der Waals surface area contributed by atoms with Gasteiger partial charge in [-0.1, -0.05) is 44.4 Å². The highest BCUT2D eigenvalue weighted by Gasteiger charge is 2.81. The predicted molar refractivity (Wildman–Crippen MR) is 131 cm³/mol. The Morgan fingerprint density at radius 2 is 1.58 bits per heavy atom. The third kappa shape index (κ3) is 2.65. The molecule has 0 aromatic heterocycles. The molecule has 5 saturated carbocycles. The Bertz CT molecular complexity index is 818. The monoisotopic (exact) mass is 424 g/mol. The molecule has 0 saturated heterocycles. The summed E-state index contributed by atoms with van der Waals surface area (Å²) in [6.07, 6.45) is 15.8. The molecule has 5 fully saturated rings. The van der Waals surface area contributed by atoms with E-state index < -0.39 is 0 Å². The maximum absolute atomic E-state index is 10.8. The van der Waals surface area contributed by atoms with E-state index in [1.165, 1.54) is 76.2 Å². The van der Waals surface area contributed by atoms with E-state index in [1.54, 1.807) is 5.57 Å². The Balaban J connectivity index is 1.45. The molecule has 0 heterocycles. The minimum Gasteiger partial charge on any atom is -0.393 e. The third-order valence-electron chi connectivity index (χ3n) is 12.5. The Morgan fingerprint density at radius 1 is 0.903 bits per heavy atom. The highest BCUT2D eigenvalue weighted by Crippen LogP contribution is 2.88. The number of allylic oxidation sites excluding steroid dienone is 3. The Kier molecular flexibility index (Phi) is 4.84. The molecule has 1 heteroatoms. The molecule has 31 heavy (non-hydrogen) atoms. The van der Waals surface area contributed by atoms with E-state index in [1.807, 2.05) is 5.57 Å². The molecule has 0 aromatic rings. The summed E-state index contributed by atoms with van der Waals surface area (Å²) in [7, 11) is 0. The van der Waals surface area contributed by atoms with E-state index in [2.05, 4.69) is 48.1 Å². The zero-order valence-electron chi connectivity index (χ0n) is 21.4. The molecule has 0 aliphatic heterocycles. The van der Waals surface area contributed by atoms with Gasteiger partial charge in [0, 0.05) is 0 Å². The van der Waals surface area contributed by atoms with Crippen molar-refractivity contribution in [1.82, 2.24) is 0 Å².